The largest absolute Gasteiger partial charge is 0.500 e. The van der Waals surface area contributed by atoms with Crippen molar-refractivity contribution < 1.29 is 4.74 Å². The third-order valence-corrected chi connectivity index (χ3v) is 7.00. The number of hydrogen-bond donors (Lipinski definition) is 1. The number of likely N-dealkylation sites (N-methyl/N-ethyl adjacent to an activating group) is 2. The molecule has 0 amide bonds. The van der Waals surface area contributed by atoms with Crippen LogP contribution in [0.3, 0.4) is 0 Å². The molecule has 0 aliphatic heterocycles. The molecule has 0 fully saturated rings. The van der Waals surface area contributed by atoms with Crippen molar-refractivity contribution in [2.24, 2.45) is 0 Å². The highest BCUT2D eigenvalue weighted by molar-refractivity contribution is 8.00. The fourth-order valence-corrected chi connectivity index (χ4v) is 4.25. The highest BCUT2D eigenvalue weighted by Gasteiger charge is 2.12. The Morgan fingerprint density at radius 3 is 2.27 bits per heavy atom. The minimum atomic E-state index is 0.881. The van der Waals surface area contributed by atoms with E-state index in [-0.39, 0.29) is 0 Å². The molecular weight excluding hydrogens is 426 g/mol. The van der Waals surface area contributed by atoms with Gasteiger partial charge in [-0.2, -0.15) is 0 Å². The molecule has 180 valence electrons. The molecule has 0 aliphatic rings. The maximum atomic E-state index is 5.37. The van der Waals surface area contributed by atoms with Gasteiger partial charge in [-0.25, -0.2) is 0 Å². The number of aryl methyl sites for hydroxylation is 2. The van der Waals surface area contributed by atoms with E-state index in [1.54, 1.807) is 19.1 Å². The number of nitrogens with one attached hydrogen (secondary N) is 1. The van der Waals surface area contributed by atoms with E-state index in [4.69, 9.17) is 4.74 Å². The first-order valence-corrected chi connectivity index (χ1v) is 12.6. The van der Waals surface area contributed by atoms with Crippen LogP contribution in [0.1, 0.15) is 50.8 Å². The molecule has 1 N–H and O–H groups in total. The van der Waals surface area contributed by atoms with E-state index < -0.39 is 0 Å². The Balaban J connectivity index is 2.05. The summed E-state index contributed by atoms with van der Waals surface area (Å²) in [6.07, 6.45) is 3.28. The molecule has 0 saturated heterocycles. The van der Waals surface area contributed by atoms with Crippen LogP contribution < -0.4 is 4.72 Å². The molecule has 0 atom stereocenters. The summed E-state index contributed by atoms with van der Waals surface area (Å²) in [7, 11) is 5.94. The summed E-state index contributed by atoms with van der Waals surface area (Å²) in [5.74, 6) is 0.949. The lowest BCUT2D eigenvalue weighted by Crippen LogP contribution is -2.29. The summed E-state index contributed by atoms with van der Waals surface area (Å²) in [5.41, 5.74) is 7.24. The highest BCUT2D eigenvalue weighted by Crippen LogP contribution is 2.28. The van der Waals surface area contributed by atoms with E-state index >= 15 is 0 Å². The normalized spacial score (nSPS) is 11.6. The Bertz CT molecular complexity index is 937. The van der Waals surface area contributed by atoms with Gasteiger partial charge in [0, 0.05) is 54.7 Å². The van der Waals surface area contributed by atoms with E-state index in [1.165, 1.54) is 28.0 Å². The van der Waals surface area contributed by atoms with Crippen LogP contribution in [-0.4, -0.2) is 44.1 Å². The number of hydrogen-bond acceptors (Lipinski definition) is 5. The number of methoxy groups -OCH3 is 1. The minimum Gasteiger partial charge on any atom is -0.500 e. The van der Waals surface area contributed by atoms with Crippen molar-refractivity contribution in [2.45, 2.75) is 51.9 Å². The lowest BCUT2D eigenvalue weighted by atomic mass is 10.0. The van der Waals surface area contributed by atoms with Crippen molar-refractivity contribution in [1.82, 2.24) is 9.80 Å². The minimum absolute atomic E-state index is 0.881. The molecular formula is C28H41N3OS. The number of allylic oxidation sites excluding steroid dienone is 2. The summed E-state index contributed by atoms with van der Waals surface area (Å²) in [6.45, 7) is 14.7. The van der Waals surface area contributed by atoms with Crippen LogP contribution in [0.5, 0.6) is 0 Å². The number of nitrogens with zero attached hydrogens (tertiary/aromatic N) is 2. The average molecular weight is 468 g/mol. The molecule has 33 heavy (non-hydrogen) atoms. The third-order valence-electron chi connectivity index (χ3n) is 6.17. The van der Waals surface area contributed by atoms with Crippen molar-refractivity contribution >= 4 is 23.3 Å². The molecule has 2 aromatic rings. The fraction of sp³-hybridized carbons (Fsp3) is 0.429. The predicted octanol–water partition coefficient (Wildman–Crippen LogP) is 7.05. The molecule has 0 saturated carbocycles. The molecule has 0 radical (unpaired) electrons. The summed E-state index contributed by atoms with van der Waals surface area (Å²) in [4.78, 5) is 5.65. The van der Waals surface area contributed by atoms with Gasteiger partial charge < -0.3 is 19.3 Å². The molecule has 2 rings (SSSR count). The van der Waals surface area contributed by atoms with Crippen LogP contribution in [0.15, 0.2) is 65.4 Å². The topological polar surface area (TPSA) is 27.7 Å². The Labute approximate surface area is 205 Å². The molecule has 0 spiro atoms. The lowest BCUT2D eigenvalue weighted by Gasteiger charge is -2.28. The smallest absolute Gasteiger partial charge is 0.111 e. The van der Waals surface area contributed by atoms with Crippen LogP contribution in [0, 0.1) is 0 Å². The molecule has 0 aromatic heterocycles. The van der Waals surface area contributed by atoms with Crippen molar-refractivity contribution in [3.8, 4) is 0 Å². The first-order chi connectivity index (χ1) is 15.8. The SMILES string of the molecule is C=C(c1cc(SNc2ccc(CCC)cc2)ccc1CC)N(C)CCN(C)/C(C)=C(/C)OC. The van der Waals surface area contributed by atoms with E-state index in [0.717, 1.165) is 48.8 Å². The number of ether oxygens (including phenoxy) is 1. The van der Waals surface area contributed by atoms with Gasteiger partial charge in [-0.3, -0.25) is 0 Å². The molecule has 0 unspecified atom stereocenters. The molecule has 4 nitrogen and oxygen atoms in total. The summed E-state index contributed by atoms with van der Waals surface area (Å²) >= 11 is 1.65. The van der Waals surface area contributed by atoms with Gasteiger partial charge >= 0.3 is 0 Å². The van der Waals surface area contributed by atoms with Gasteiger partial charge in [-0.15, -0.1) is 0 Å². The predicted molar refractivity (Wildman–Crippen MR) is 145 cm³/mol. The highest BCUT2D eigenvalue weighted by atomic mass is 32.2. The zero-order valence-electron chi connectivity index (χ0n) is 21.5. The van der Waals surface area contributed by atoms with Gasteiger partial charge in [0.2, 0.25) is 0 Å². The average Bonchev–Trinajstić information content (AvgIpc) is 2.85. The van der Waals surface area contributed by atoms with Crippen molar-refractivity contribution in [2.75, 3.05) is 39.0 Å². The molecule has 5 heteroatoms. The van der Waals surface area contributed by atoms with E-state index in [1.807, 2.05) is 6.92 Å². The Morgan fingerprint density at radius 2 is 1.67 bits per heavy atom. The van der Waals surface area contributed by atoms with Gasteiger partial charge in [0.1, 0.15) is 5.76 Å². The third kappa shape index (κ3) is 7.78. The molecule has 0 heterocycles. The maximum Gasteiger partial charge on any atom is 0.111 e. The molecule has 2 aromatic carbocycles. The van der Waals surface area contributed by atoms with E-state index in [9.17, 15) is 0 Å². The quantitative estimate of drug-likeness (QED) is 0.252. The molecule has 0 aliphatic carbocycles. The fourth-order valence-electron chi connectivity index (χ4n) is 3.57. The summed E-state index contributed by atoms with van der Waals surface area (Å²) < 4.78 is 8.85. The number of anilines is 1. The lowest BCUT2D eigenvalue weighted by molar-refractivity contribution is 0.263. The summed E-state index contributed by atoms with van der Waals surface area (Å²) in [6, 6.07) is 15.4. The molecule has 0 bridgehead atoms. The standard InChI is InChI=1S/C28H41N3OS/c1-9-11-24-12-15-26(16-13-24)29-33-27-17-14-25(10-2)28(20-27)22(4)31(7)19-18-30(6)21(3)23(5)32-8/h12-17,20,29H,4,9-11,18-19H2,1-3,5-8H3/b23-21-. The van der Waals surface area contributed by atoms with Crippen LogP contribution in [0.2, 0.25) is 0 Å². The van der Waals surface area contributed by atoms with Crippen LogP contribution in [0.4, 0.5) is 5.69 Å². The number of benzene rings is 2. The first kappa shape index (κ1) is 26.7. The van der Waals surface area contributed by atoms with Crippen LogP contribution in [-0.2, 0) is 17.6 Å². The maximum absolute atomic E-state index is 5.37. The first-order valence-electron chi connectivity index (χ1n) is 11.8. The van der Waals surface area contributed by atoms with E-state index in [2.05, 4.69) is 98.4 Å². The zero-order valence-corrected chi connectivity index (χ0v) is 22.3. The monoisotopic (exact) mass is 467 g/mol. The van der Waals surface area contributed by atoms with Crippen LogP contribution in [0.25, 0.3) is 5.70 Å². The van der Waals surface area contributed by atoms with Gasteiger partial charge in [0.25, 0.3) is 0 Å². The van der Waals surface area contributed by atoms with Gasteiger partial charge in [0.05, 0.1) is 7.11 Å². The Hall–Kier alpha value is -2.53. The second-order valence-electron chi connectivity index (χ2n) is 8.46. The Kier molecular flexibility index (Phi) is 10.7. The Morgan fingerprint density at radius 1 is 1.00 bits per heavy atom. The van der Waals surface area contributed by atoms with E-state index in [0.29, 0.717) is 0 Å². The summed E-state index contributed by atoms with van der Waals surface area (Å²) in [5, 5.41) is 0. The second kappa shape index (κ2) is 13.2. The van der Waals surface area contributed by atoms with Gasteiger partial charge in [0.15, 0.2) is 0 Å². The van der Waals surface area contributed by atoms with Crippen LogP contribution >= 0.6 is 11.9 Å². The number of rotatable bonds is 13. The van der Waals surface area contributed by atoms with Crippen molar-refractivity contribution in [1.29, 1.82) is 0 Å². The van der Waals surface area contributed by atoms with Crippen molar-refractivity contribution in [3.63, 3.8) is 0 Å². The second-order valence-corrected chi connectivity index (χ2v) is 9.34. The van der Waals surface area contributed by atoms with Crippen molar-refractivity contribution in [3.05, 3.63) is 77.2 Å². The zero-order chi connectivity index (χ0) is 24.4. The van der Waals surface area contributed by atoms with Gasteiger partial charge in [-0.1, -0.05) is 45.0 Å². The van der Waals surface area contributed by atoms with Gasteiger partial charge in [-0.05, 0) is 74.0 Å².